The third-order valence-electron chi connectivity index (χ3n) is 6.46. The van der Waals surface area contributed by atoms with Gasteiger partial charge in [-0.15, -0.1) is 0 Å². The van der Waals surface area contributed by atoms with Crippen molar-refractivity contribution in [2.75, 3.05) is 5.32 Å². The number of hydrogen-bond acceptors (Lipinski definition) is 7. The van der Waals surface area contributed by atoms with Gasteiger partial charge in [0, 0.05) is 62.1 Å². The van der Waals surface area contributed by atoms with Gasteiger partial charge in [0.05, 0.1) is 23.4 Å². The van der Waals surface area contributed by atoms with Gasteiger partial charge < -0.3 is 20.0 Å². The fourth-order valence-corrected chi connectivity index (χ4v) is 4.29. The van der Waals surface area contributed by atoms with Crippen molar-refractivity contribution in [3.63, 3.8) is 0 Å². The summed E-state index contributed by atoms with van der Waals surface area (Å²) in [6.07, 6.45) is 7.44. The van der Waals surface area contributed by atoms with Crippen LogP contribution in [-0.4, -0.2) is 35.8 Å². The molecule has 0 fully saturated rings. The number of aromatic nitrogens is 5. The average molecular weight is 586 g/mol. The number of carbonyl (C=O) groups excluding carboxylic acids is 1. The van der Waals surface area contributed by atoms with Crippen LogP contribution in [0.5, 0.6) is 11.5 Å². The van der Waals surface area contributed by atoms with Crippen LogP contribution < -0.4 is 21.3 Å². The summed E-state index contributed by atoms with van der Waals surface area (Å²) in [6.45, 7) is 1.81. The van der Waals surface area contributed by atoms with Crippen molar-refractivity contribution in [2.45, 2.75) is 19.9 Å². The largest absolute Gasteiger partial charge is 0.452 e. The molecule has 13 heteroatoms. The van der Waals surface area contributed by atoms with E-state index in [1.165, 1.54) is 24.3 Å². The van der Waals surface area contributed by atoms with E-state index in [1.807, 2.05) is 7.05 Å². The average Bonchev–Trinajstić information content (AvgIpc) is 3.42. The third-order valence-corrected chi connectivity index (χ3v) is 6.46. The summed E-state index contributed by atoms with van der Waals surface area (Å²) in [6, 6.07) is 10.1. The summed E-state index contributed by atoms with van der Waals surface area (Å²) < 4.78 is 38.2. The van der Waals surface area contributed by atoms with E-state index in [0.29, 0.717) is 17.0 Å². The molecule has 1 amide bonds. The summed E-state index contributed by atoms with van der Waals surface area (Å²) >= 11 is 0. The molecule has 0 spiro atoms. The molecule has 43 heavy (non-hydrogen) atoms. The molecule has 11 nitrogen and oxygen atoms in total. The van der Waals surface area contributed by atoms with Crippen LogP contribution in [-0.2, 0) is 20.0 Å². The summed E-state index contributed by atoms with van der Waals surface area (Å²) in [4.78, 5) is 47.8. The summed E-state index contributed by atoms with van der Waals surface area (Å²) in [5, 5.41) is 9.94. The Morgan fingerprint density at radius 1 is 1.05 bits per heavy atom. The highest BCUT2D eigenvalue weighted by atomic mass is 19.1. The number of amides is 1. The van der Waals surface area contributed by atoms with Gasteiger partial charge in [-0.1, -0.05) is 0 Å². The summed E-state index contributed by atoms with van der Waals surface area (Å²) in [5.74, 6) is -2.19. The monoisotopic (exact) mass is 585 g/mol. The Hall–Kier alpha value is -5.72. The zero-order valence-corrected chi connectivity index (χ0v) is 23.0. The second-order valence-electron chi connectivity index (χ2n) is 9.43. The maximum Gasteiger partial charge on any atom is 0.335 e. The number of imidazole rings is 1. The Balaban J connectivity index is 1.43. The molecule has 2 aromatic carbocycles. The lowest BCUT2D eigenvalue weighted by Gasteiger charge is -2.14. The third kappa shape index (κ3) is 6.00. The van der Waals surface area contributed by atoms with Crippen LogP contribution in [0, 0.1) is 17.0 Å². The minimum atomic E-state index is -0.918. The van der Waals surface area contributed by atoms with Crippen molar-refractivity contribution in [1.29, 1.82) is 5.41 Å². The predicted molar refractivity (Wildman–Crippen MR) is 155 cm³/mol. The lowest BCUT2D eigenvalue weighted by Crippen LogP contribution is -2.42. The normalized spacial score (nSPS) is 10.9. The highest BCUT2D eigenvalue weighted by molar-refractivity contribution is 6.03. The van der Waals surface area contributed by atoms with E-state index in [0.717, 1.165) is 39.7 Å². The second kappa shape index (κ2) is 12.0. The van der Waals surface area contributed by atoms with Crippen molar-refractivity contribution < 1.29 is 18.3 Å². The second-order valence-corrected chi connectivity index (χ2v) is 9.43. The Morgan fingerprint density at radius 2 is 1.81 bits per heavy atom. The van der Waals surface area contributed by atoms with Crippen molar-refractivity contribution in [1.82, 2.24) is 23.7 Å². The zero-order valence-electron chi connectivity index (χ0n) is 23.0. The van der Waals surface area contributed by atoms with E-state index in [4.69, 9.17) is 10.1 Å². The van der Waals surface area contributed by atoms with Gasteiger partial charge in [-0.3, -0.25) is 19.1 Å². The number of halogens is 2. The first-order valence-electron chi connectivity index (χ1n) is 13.1. The Kier molecular flexibility index (Phi) is 8.05. The first-order valence-corrected chi connectivity index (χ1v) is 13.1. The van der Waals surface area contributed by atoms with Gasteiger partial charge in [0.1, 0.15) is 17.1 Å². The Bertz CT molecular complexity index is 1960. The molecule has 0 bridgehead atoms. The maximum atomic E-state index is 15.2. The first-order chi connectivity index (χ1) is 20.7. The highest BCUT2D eigenvalue weighted by Crippen LogP contribution is 2.31. The molecule has 0 saturated carbocycles. The number of anilines is 1. The van der Waals surface area contributed by atoms with Gasteiger partial charge in [0.25, 0.3) is 11.5 Å². The van der Waals surface area contributed by atoms with Crippen molar-refractivity contribution >= 4 is 17.8 Å². The Morgan fingerprint density at radius 3 is 2.47 bits per heavy atom. The van der Waals surface area contributed by atoms with Crippen LogP contribution in [0.3, 0.4) is 0 Å². The fourth-order valence-electron chi connectivity index (χ4n) is 4.29. The van der Waals surface area contributed by atoms with Crippen LogP contribution in [0.2, 0.25) is 0 Å². The van der Waals surface area contributed by atoms with Crippen LogP contribution in [0.1, 0.15) is 23.0 Å². The van der Waals surface area contributed by atoms with E-state index in [9.17, 15) is 18.8 Å². The number of carbonyl (C=O) groups is 1. The van der Waals surface area contributed by atoms with Crippen molar-refractivity contribution in [3.05, 3.63) is 117 Å². The van der Waals surface area contributed by atoms with Gasteiger partial charge in [-0.05, 0) is 49.4 Å². The molecule has 0 aliphatic heterocycles. The predicted octanol–water partition coefficient (Wildman–Crippen LogP) is 4.33. The first kappa shape index (κ1) is 28.8. The van der Waals surface area contributed by atoms with E-state index >= 15 is 4.39 Å². The summed E-state index contributed by atoms with van der Waals surface area (Å²) in [5.41, 5.74) is -0.205. The minimum Gasteiger partial charge on any atom is -0.452 e. The fraction of sp³-hybridized carbons (Fsp3) is 0.133. The van der Waals surface area contributed by atoms with Crippen LogP contribution >= 0.6 is 0 Å². The van der Waals surface area contributed by atoms with Crippen molar-refractivity contribution in [3.8, 4) is 28.4 Å². The molecule has 3 aromatic heterocycles. The Labute approximate surface area is 243 Å². The topological polar surface area (TPSA) is 137 Å². The molecule has 5 aromatic rings. The minimum absolute atomic E-state index is 0.0249. The van der Waals surface area contributed by atoms with E-state index in [-0.39, 0.29) is 41.4 Å². The summed E-state index contributed by atoms with van der Waals surface area (Å²) in [7, 11) is 1.82. The quantitative estimate of drug-likeness (QED) is 0.247. The molecule has 0 aliphatic rings. The molecule has 218 valence electrons. The smallest absolute Gasteiger partial charge is 0.335 e. The van der Waals surface area contributed by atoms with Gasteiger partial charge in [0.2, 0.25) is 0 Å². The number of nitrogens with one attached hydrogen (secondary N) is 2. The number of benzene rings is 2. The molecule has 0 atom stereocenters. The van der Waals surface area contributed by atoms with Crippen LogP contribution in [0.4, 0.5) is 14.5 Å². The molecule has 3 heterocycles. The van der Waals surface area contributed by atoms with Gasteiger partial charge in [-0.25, -0.2) is 23.1 Å². The maximum absolute atomic E-state index is 15.2. The molecular formula is C30H25F2N7O4. The number of pyridine rings is 1. The standard InChI is InChI=1S/C30H25F2N7O4/c1-3-38-15-22(29(41)39(30(38)42)21-7-4-19(31)5-8-21)28(40)36-20-6-9-26(23(32)13-20)43-27-12-18(14-34-24(27)10-11-33)25-16-37(2)17-35-25/h4-9,11-17,33H,3,10H2,1-2H3,(H,36,40). The number of aryl methyl sites for hydroxylation is 2. The van der Waals surface area contributed by atoms with E-state index < -0.39 is 28.8 Å². The van der Waals surface area contributed by atoms with Gasteiger partial charge >= 0.3 is 5.69 Å². The number of ether oxygens (including phenoxy) is 1. The van der Waals surface area contributed by atoms with Gasteiger partial charge in [0.15, 0.2) is 11.6 Å². The van der Waals surface area contributed by atoms with E-state index in [1.54, 1.807) is 36.3 Å². The van der Waals surface area contributed by atoms with Crippen LogP contribution in [0.15, 0.2) is 83.0 Å². The molecular weight excluding hydrogens is 560 g/mol. The lowest BCUT2D eigenvalue weighted by molar-refractivity contribution is 0.102. The lowest BCUT2D eigenvalue weighted by atomic mass is 10.1. The molecule has 0 saturated heterocycles. The molecule has 0 aliphatic carbocycles. The number of rotatable bonds is 9. The molecule has 0 radical (unpaired) electrons. The zero-order chi connectivity index (χ0) is 30.7. The van der Waals surface area contributed by atoms with Crippen LogP contribution in [0.25, 0.3) is 16.9 Å². The number of nitrogens with zero attached hydrogens (tertiary/aromatic N) is 5. The highest BCUT2D eigenvalue weighted by Gasteiger charge is 2.20. The molecule has 0 unspecified atom stereocenters. The SMILES string of the molecule is CCn1cc(C(=O)Nc2ccc(Oc3cc(-c4cn(C)cn4)cnc3CC=N)c(F)c2)c(=O)n(-c2ccc(F)cc2)c1=O. The van der Waals surface area contributed by atoms with Gasteiger partial charge in [-0.2, -0.15) is 0 Å². The molecule has 2 N–H and O–H groups in total. The van der Waals surface area contributed by atoms with Crippen molar-refractivity contribution in [2.24, 2.45) is 7.05 Å². The number of hydrogen-bond donors (Lipinski definition) is 2. The van der Waals surface area contributed by atoms with E-state index in [2.05, 4.69) is 15.3 Å². The molecule has 5 rings (SSSR count).